The molecule has 5 rings (SSSR count). The number of hydrogen-bond acceptors (Lipinski definition) is 6. The number of aromatic nitrogens is 4. The molecule has 0 radical (unpaired) electrons. The smallest absolute Gasteiger partial charge is 0.388 e. The Morgan fingerprint density at radius 2 is 1.87 bits per heavy atom. The Morgan fingerprint density at radius 3 is 2.70 bits per heavy atom. The van der Waals surface area contributed by atoms with Crippen molar-refractivity contribution in [1.82, 2.24) is 20.2 Å². The van der Waals surface area contributed by atoms with E-state index in [0.29, 0.717) is 10.6 Å². The molecule has 0 fully saturated rings. The number of pyridine rings is 2. The summed E-state index contributed by atoms with van der Waals surface area (Å²) >= 11 is 6.11. The van der Waals surface area contributed by atoms with Crippen LogP contribution in [-0.2, 0) is 0 Å². The fraction of sp³-hybridized carbons (Fsp3) is 0. The highest BCUT2D eigenvalue weighted by Gasteiger charge is 2.10. The van der Waals surface area contributed by atoms with E-state index in [2.05, 4.69) is 25.5 Å². The molecule has 3 aromatic heterocycles. The first-order valence-electron chi connectivity index (χ1n) is 9.08. The molecule has 0 bridgehead atoms. The molecule has 0 amide bonds. The summed E-state index contributed by atoms with van der Waals surface area (Å²) in [6.07, 6.45) is 5.10. The van der Waals surface area contributed by atoms with Gasteiger partial charge in [0.1, 0.15) is 0 Å². The molecule has 3 heterocycles. The Bertz CT molecular complexity index is 1430. The van der Waals surface area contributed by atoms with Gasteiger partial charge in [-0.2, -0.15) is 0 Å². The summed E-state index contributed by atoms with van der Waals surface area (Å²) in [5.74, 6) is -0.413. The first-order valence-corrected chi connectivity index (χ1v) is 9.46. The van der Waals surface area contributed by atoms with Gasteiger partial charge in [-0.3, -0.25) is 9.97 Å². The summed E-state index contributed by atoms with van der Waals surface area (Å²) in [5, 5.41) is 11.1. The summed E-state index contributed by atoms with van der Waals surface area (Å²) in [5.41, 5.74) is 5.06. The lowest BCUT2D eigenvalue weighted by atomic mass is 10.0. The standard InChI is InChI=1S/C22H14ClN5O2/c23-16-2-1-3-17(10-16)26-20-6-7-25-19-5-4-13(9-18(19)20)14-8-15(12-24-11-14)21-27-28-22(29)30-21/h1-12H,(H,25,26)(H,28,29). The van der Waals surface area contributed by atoms with Crippen molar-refractivity contribution >= 4 is 33.9 Å². The van der Waals surface area contributed by atoms with Crippen molar-refractivity contribution in [3.63, 3.8) is 0 Å². The molecule has 7 nitrogen and oxygen atoms in total. The molecule has 0 atom stereocenters. The summed E-state index contributed by atoms with van der Waals surface area (Å²) in [7, 11) is 0. The molecule has 0 saturated heterocycles. The van der Waals surface area contributed by atoms with Crippen LogP contribution in [0.5, 0.6) is 0 Å². The largest absolute Gasteiger partial charge is 0.434 e. The third kappa shape index (κ3) is 3.54. The second-order valence-corrected chi connectivity index (χ2v) is 7.04. The molecule has 0 saturated carbocycles. The predicted octanol–water partition coefficient (Wildman–Crippen LogP) is 5.04. The average molecular weight is 416 g/mol. The minimum absolute atomic E-state index is 0.195. The third-order valence-electron chi connectivity index (χ3n) is 4.60. The van der Waals surface area contributed by atoms with Gasteiger partial charge in [0.2, 0.25) is 0 Å². The maximum atomic E-state index is 11.2. The van der Waals surface area contributed by atoms with Gasteiger partial charge in [-0.15, -0.1) is 5.10 Å². The minimum atomic E-state index is -0.607. The number of aromatic amines is 1. The van der Waals surface area contributed by atoms with E-state index in [0.717, 1.165) is 33.4 Å². The molecular formula is C22H14ClN5O2. The van der Waals surface area contributed by atoms with Gasteiger partial charge in [0.25, 0.3) is 5.89 Å². The van der Waals surface area contributed by atoms with Gasteiger partial charge in [-0.05, 0) is 48.0 Å². The van der Waals surface area contributed by atoms with Crippen LogP contribution < -0.4 is 11.1 Å². The highest BCUT2D eigenvalue weighted by atomic mass is 35.5. The molecule has 146 valence electrons. The number of rotatable bonds is 4. The number of halogens is 1. The van der Waals surface area contributed by atoms with Crippen molar-refractivity contribution in [2.75, 3.05) is 5.32 Å². The monoisotopic (exact) mass is 415 g/mol. The van der Waals surface area contributed by atoms with Crippen LogP contribution in [0.15, 0.2) is 82.4 Å². The molecule has 0 spiro atoms. The van der Waals surface area contributed by atoms with E-state index in [9.17, 15) is 4.79 Å². The highest BCUT2D eigenvalue weighted by Crippen LogP contribution is 2.31. The number of benzene rings is 2. The van der Waals surface area contributed by atoms with Crippen LogP contribution in [0.2, 0.25) is 5.02 Å². The molecular weight excluding hydrogens is 402 g/mol. The lowest BCUT2D eigenvalue weighted by Crippen LogP contribution is -1.93. The Balaban J connectivity index is 1.57. The number of nitrogens with zero attached hydrogens (tertiary/aromatic N) is 3. The van der Waals surface area contributed by atoms with E-state index in [1.165, 1.54) is 0 Å². The van der Waals surface area contributed by atoms with Crippen LogP contribution in [0.4, 0.5) is 11.4 Å². The van der Waals surface area contributed by atoms with Gasteiger partial charge in [0.05, 0.1) is 11.1 Å². The molecule has 30 heavy (non-hydrogen) atoms. The Hall–Kier alpha value is -3.97. The maximum Gasteiger partial charge on any atom is 0.434 e. The van der Waals surface area contributed by atoms with Gasteiger partial charge in [-0.1, -0.05) is 23.7 Å². The Kier molecular flexibility index (Phi) is 4.49. The first-order chi connectivity index (χ1) is 14.7. The Morgan fingerprint density at radius 1 is 0.967 bits per heavy atom. The first kappa shape index (κ1) is 18.1. The molecule has 2 aromatic carbocycles. The van der Waals surface area contributed by atoms with E-state index in [4.69, 9.17) is 16.0 Å². The van der Waals surface area contributed by atoms with Gasteiger partial charge in [0.15, 0.2) is 0 Å². The van der Waals surface area contributed by atoms with Crippen LogP contribution in [0, 0.1) is 0 Å². The molecule has 0 aliphatic carbocycles. The molecule has 8 heteroatoms. The Labute approximate surface area is 175 Å². The zero-order valence-electron chi connectivity index (χ0n) is 15.5. The maximum absolute atomic E-state index is 11.2. The second-order valence-electron chi connectivity index (χ2n) is 6.61. The zero-order chi connectivity index (χ0) is 20.5. The second kappa shape index (κ2) is 7.46. The predicted molar refractivity (Wildman–Crippen MR) is 116 cm³/mol. The van der Waals surface area contributed by atoms with Crippen molar-refractivity contribution < 1.29 is 4.42 Å². The summed E-state index contributed by atoms with van der Waals surface area (Å²) in [6.45, 7) is 0. The van der Waals surface area contributed by atoms with E-state index in [1.807, 2.05) is 54.6 Å². The van der Waals surface area contributed by atoms with E-state index in [1.54, 1.807) is 18.6 Å². The zero-order valence-corrected chi connectivity index (χ0v) is 16.2. The van der Waals surface area contributed by atoms with Crippen LogP contribution in [0.3, 0.4) is 0 Å². The summed E-state index contributed by atoms with van der Waals surface area (Å²) in [4.78, 5) is 20.0. The van der Waals surface area contributed by atoms with Crippen molar-refractivity contribution in [3.05, 3.63) is 88.8 Å². The highest BCUT2D eigenvalue weighted by molar-refractivity contribution is 6.30. The van der Waals surface area contributed by atoms with Gasteiger partial charge >= 0.3 is 5.76 Å². The number of H-pyrrole nitrogens is 1. The van der Waals surface area contributed by atoms with Gasteiger partial charge in [-0.25, -0.2) is 9.89 Å². The normalized spacial score (nSPS) is 11.0. The minimum Gasteiger partial charge on any atom is -0.388 e. The van der Waals surface area contributed by atoms with Crippen molar-refractivity contribution in [2.24, 2.45) is 0 Å². The van der Waals surface area contributed by atoms with Crippen molar-refractivity contribution in [1.29, 1.82) is 0 Å². The lowest BCUT2D eigenvalue weighted by molar-refractivity contribution is 0.527. The lowest BCUT2D eigenvalue weighted by Gasteiger charge is -2.11. The van der Waals surface area contributed by atoms with Crippen molar-refractivity contribution in [2.45, 2.75) is 0 Å². The molecule has 2 N–H and O–H groups in total. The summed E-state index contributed by atoms with van der Waals surface area (Å²) in [6, 6.07) is 17.3. The van der Waals surface area contributed by atoms with Crippen LogP contribution in [0.1, 0.15) is 0 Å². The average Bonchev–Trinajstić information content (AvgIpc) is 3.20. The molecule has 0 aliphatic heterocycles. The quantitative estimate of drug-likeness (QED) is 0.427. The van der Waals surface area contributed by atoms with Gasteiger partial charge < -0.3 is 9.73 Å². The number of anilines is 2. The number of fused-ring (bicyclic) bond motifs is 1. The number of nitrogens with one attached hydrogen (secondary N) is 2. The molecule has 0 unspecified atom stereocenters. The topological polar surface area (TPSA) is 96.7 Å². The van der Waals surface area contributed by atoms with Crippen LogP contribution >= 0.6 is 11.6 Å². The molecule has 0 aliphatic rings. The molecule has 5 aromatic rings. The van der Waals surface area contributed by atoms with E-state index in [-0.39, 0.29) is 5.89 Å². The van der Waals surface area contributed by atoms with Gasteiger partial charge in [0, 0.05) is 45.9 Å². The van der Waals surface area contributed by atoms with E-state index >= 15 is 0 Å². The van der Waals surface area contributed by atoms with Crippen molar-refractivity contribution in [3.8, 4) is 22.6 Å². The summed E-state index contributed by atoms with van der Waals surface area (Å²) < 4.78 is 5.03. The van der Waals surface area contributed by atoms with Crippen LogP contribution in [-0.4, -0.2) is 20.2 Å². The number of hydrogen-bond donors (Lipinski definition) is 2. The van der Waals surface area contributed by atoms with E-state index < -0.39 is 5.76 Å². The SMILES string of the molecule is O=c1[nH]nc(-c2cncc(-c3ccc4nccc(Nc5cccc(Cl)c5)c4c3)c2)o1. The fourth-order valence-corrected chi connectivity index (χ4v) is 3.41. The van der Waals surface area contributed by atoms with Crippen LogP contribution in [0.25, 0.3) is 33.5 Å². The third-order valence-corrected chi connectivity index (χ3v) is 4.84. The fourth-order valence-electron chi connectivity index (χ4n) is 3.22.